The van der Waals surface area contributed by atoms with Gasteiger partial charge in [0.15, 0.2) is 0 Å². The first-order valence-electron chi connectivity index (χ1n) is 9.29. The molecule has 1 saturated heterocycles. The minimum atomic E-state index is -1.50. The Kier molecular flexibility index (Phi) is 6.45. The van der Waals surface area contributed by atoms with Crippen LogP contribution in [-0.4, -0.2) is 41.1 Å². The summed E-state index contributed by atoms with van der Waals surface area (Å²) in [5.74, 6) is 1.75. The summed E-state index contributed by atoms with van der Waals surface area (Å²) in [6.45, 7) is 2.00. The van der Waals surface area contributed by atoms with Gasteiger partial charge in [-0.3, -0.25) is 4.79 Å². The lowest BCUT2D eigenvalue weighted by atomic mass is 9.88. The van der Waals surface area contributed by atoms with Crippen molar-refractivity contribution in [3.8, 4) is 0 Å². The summed E-state index contributed by atoms with van der Waals surface area (Å²) >= 11 is 0. The molecule has 5 nitrogen and oxygen atoms in total. The molecule has 0 unspecified atom stereocenters. The molecule has 1 fully saturated rings. The quantitative estimate of drug-likeness (QED) is 0.710. The number of benzene rings is 2. The highest BCUT2D eigenvalue weighted by atomic mass is 16.4. The lowest BCUT2D eigenvalue weighted by Crippen LogP contribution is -2.37. The molecule has 2 aromatic carbocycles. The fourth-order valence-corrected chi connectivity index (χ4v) is 3.55. The van der Waals surface area contributed by atoms with Crippen LogP contribution in [0.4, 0.5) is 0 Å². The Morgan fingerprint density at radius 1 is 1.15 bits per heavy atom. The predicted octanol–water partition coefficient (Wildman–Crippen LogP) is 2.19. The summed E-state index contributed by atoms with van der Waals surface area (Å²) in [6, 6.07) is 15.6. The lowest BCUT2D eigenvalue weighted by Gasteiger charge is -2.32. The number of amides is 1. The van der Waals surface area contributed by atoms with Crippen molar-refractivity contribution in [3.63, 3.8) is 0 Å². The smallest absolute Gasteiger partial charge is 0.424 e. The third-order valence-corrected chi connectivity index (χ3v) is 5.03. The van der Waals surface area contributed by atoms with Crippen molar-refractivity contribution < 1.29 is 14.8 Å². The second-order valence-corrected chi connectivity index (χ2v) is 6.91. The summed E-state index contributed by atoms with van der Waals surface area (Å²) in [4.78, 5) is 14.7. The maximum Gasteiger partial charge on any atom is 0.480 e. The van der Waals surface area contributed by atoms with Gasteiger partial charge in [0.25, 0.3) is 5.91 Å². The van der Waals surface area contributed by atoms with Crippen LogP contribution in [-0.2, 0) is 6.54 Å². The minimum absolute atomic E-state index is 0.0176. The molecule has 1 aliphatic rings. The molecule has 6 heteroatoms. The fourth-order valence-electron chi connectivity index (χ4n) is 3.55. The van der Waals surface area contributed by atoms with Gasteiger partial charge in [0, 0.05) is 25.2 Å². The zero-order valence-electron chi connectivity index (χ0n) is 15.3. The van der Waals surface area contributed by atoms with Crippen LogP contribution in [0.25, 0.3) is 6.08 Å². The predicted molar refractivity (Wildman–Crippen MR) is 108 cm³/mol. The molecule has 0 atom stereocenters. The van der Waals surface area contributed by atoms with Crippen LogP contribution in [0.5, 0.6) is 0 Å². The Morgan fingerprint density at radius 3 is 2.59 bits per heavy atom. The van der Waals surface area contributed by atoms with Gasteiger partial charge in [0.1, 0.15) is 0 Å². The van der Waals surface area contributed by atoms with Crippen molar-refractivity contribution >= 4 is 19.1 Å². The van der Waals surface area contributed by atoms with E-state index in [-0.39, 0.29) is 5.91 Å². The van der Waals surface area contributed by atoms with Gasteiger partial charge in [-0.25, -0.2) is 0 Å². The standard InChI is InChI=1S/C21H25BN2O3/c23-15-17-4-2-5-19(14-17)18-8-11-24(12-9-18)21(25)20-6-1-3-16(13-20)7-10-22(26)27/h1-7,10,13-14,18,26-27H,8-9,11-12,15,23H2/b10-7-. The van der Waals surface area contributed by atoms with Crippen molar-refractivity contribution in [2.75, 3.05) is 13.1 Å². The van der Waals surface area contributed by atoms with E-state index < -0.39 is 7.12 Å². The zero-order valence-corrected chi connectivity index (χ0v) is 15.3. The summed E-state index contributed by atoms with van der Waals surface area (Å²) < 4.78 is 0. The van der Waals surface area contributed by atoms with Crippen LogP contribution in [0.15, 0.2) is 54.5 Å². The van der Waals surface area contributed by atoms with E-state index in [9.17, 15) is 4.79 Å². The van der Waals surface area contributed by atoms with Crippen molar-refractivity contribution in [2.24, 2.45) is 5.73 Å². The highest BCUT2D eigenvalue weighted by Gasteiger charge is 2.24. The van der Waals surface area contributed by atoms with Gasteiger partial charge < -0.3 is 20.7 Å². The van der Waals surface area contributed by atoms with Gasteiger partial charge in [-0.2, -0.15) is 0 Å². The number of carbonyl (C=O) groups excluding carboxylic acids is 1. The Labute approximate surface area is 160 Å². The Morgan fingerprint density at radius 2 is 1.89 bits per heavy atom. The van der Waals surface area contributed by atoms with Crippen LogP contribution in [0.1, 0.15) is 45.8 Å². The second-order valence-electron chi connectivity index (χ2n) is 6.91. The van der Waals surface area contributed by atoms with Crippen LogP contribution in [0.3, 0.4) is 0 Å². The average Bonchev–Trinajstić information content (AvgIpc) is 2.72. The van der Waals surface area contributed by atoms with E-state index in [2.05, 4.69) is 18.2 Å². The second kappa shape index (κ2) is 8.99. The molecule has 0 bridgehead atoms. The number of carbonyl (C=O) groups is 1. The molecular weight excluding hydrogens is 339 g/mol. The van der Waals surface area contributed by atoms with Crippen molar-refractivity contribution in [1.29, 1.82) is 0 Å². The van der Waals surface area contributed by atoms with Crippen LogP contribution >= 0.6 is 0 Å². The largest absolute Gasteiger partial charge is 0.480 e. The third-order valence-electron chi connectivity index (χ3n) is 5.03. The molecule has 140 valence electrons. The van der Waals surface area contributed by atoms with E-state index in [1.54, 1.807) is 18.2 Å². The molecule has 27 heavy (non-hydrogen) atoms. The van der Waals surface area contributed by atoms with Gasteiger partial charge >= 0.3 is 7.12 Å². The monoisotopic (exact) mass is 364 g/mol. The molecule has 0 aliphatic carbocycles. The van der Waals surface area contributed by atoms with E-state index in [1.165, 1.54) is 11.5 Å². The molecular formula is C21H25BN2O3. The highest BCUT2D eigenvalue weighted by molar-refractivity contribution is 6.48. The average molecular weight is 364 g/mol. The molecule has 2 aromatic rings. The van der Waals surface area contributed by atoms with Gasteiger partial charge in [-0.05, 0) is 47.6 Å². The summed E-state index contributed by atoms with van der Waals surface area (Å²) in [6.07, 6.45) is 3.48. The van der Waals surface area contributed by atoms with E-state index in [4.69, 9.17) is 15.8 Å². The highest BCUT2D eigenvalue weighted by Crippen LogP contribution is 2.29. The Bertz CT molecular complexity index is 815. The Hall–Kier alpha value is -2.41. The first-order chi connectivity index (χ1) is 13.1. The van der Waals surface area contributed by atoms with Crippen LogP contribution in [0, 0.1) is 0 Å². The first-order valence-corrected chi connectivity index (χ1v) is 9.29. The summed E-state index contributed by atoms with van der Waals surface area (Å²) in [5, 5.41) is 17.9. The minimum Gasteiger partial charge on any atom is -0.424 e. The molecule has 0 spiro atoms. The third kappa shape index (κ3) is 5.07. The zero-order chi connectivity index (χ0) is 19.2. The van der Waals surface area contributed by atoms with Crippen molar-refractivity contribution in [3.05, 3.63) is 76.8 Å². The number of nitrogens with zero attached hydrogens (tertiary/aromatic N) is 1. The van der Waals surface area contributed by atoms with Gasteiger partial charge in [0.2, 0.25) is 0 Å². The number of rotatable bonds is 5. The van der Waals surface area contributed by atoms with E-state index in [0.29, 0.717) is 18.0 Å². The molecule has 1 heterocycles. The van der Waals surface area contributed by atoms with E-state index >= 15 is 0 Å². The summed E-state index contributed by atoms with van der Waals surface area (Å²) in [7, 11) is -1.50. The van der Waals surface area contributed by atoms with Gasteiger partial charge in [0.05, 0.1) is 0 Å². The molecule has 0 saturated carbocycles. The lowest BCUT2D eigenvalue weighted by molar-refractivity contribution is 0.0713. The number of hydrogen-bond donors (Lipinski definition) is 3. The molecule has 3 rings (SSSR count). The first kappa shape index (κ1) is 19.4. The summed E-state index contributed by atoms with van der Waals surface area (Å²) in [5.41, 5.74) is 9.57. The number of nitrogens with two attached hydrogens (primary N) is 1. The maximum atomic E-state index is 12.8. The maximum absolute atomic E-state index is 12.8. The molecule has 1 amide bonds. The normalized spacial score (nSPS) is 15.3. The number of likely N-dealkylation sites (tertiary alicyclic amines) is 1. The number of hydrogen-bond acceptors (Lipinski definition) is 4. The fraction of sp³-hybridized carbons (Fsp3) is 0.286. The molecule has 1 aliphatic heterocycles. The molecule has 0 aromatic heterocycles. The van der Waals surface area contributed by atoms with Crippen molar-refractivity contribution in [2.45, 2.75) is 25.3 Å². The van der Waals surface area contributed by atoms with Gasteiger partial charge in [-0.15, -0.1) is 0 Å². The topological polar surface area (TPSA) is 86.8 Å². The molecule has 0 radical (unpaired) electrons. The van der Waals surface area contributed by atoms with Gasteiger partial charge in [-0.1, -0.05) is 48.4 Å². The Balaban J connectivity index is 1.64. The number of piperidine rings is 1. The van der Waals surface area contributed by atoms with Crippen LogP contribution in [0.2, 0.25) is 0 Å². The van der Waals surface area contributed by atoms with Crippen LogP contribution < -0.4 is 5.73 Å². The van der Waals surface area contributed by atoms with Crippen molar-refractivity contribution in [1.82, 2.24) is 4.90 Å². The SMILES string of the molecule is NCc1cccc(C2CCN(C(=O)c3cccc(/C=C\B(O)O)c3)CC2)c1. The van der Waals surface area contributed by atoms with E-state index in [0.717, 1.165) is 37.1 Å². The van der Waals surface area contributed by atoms with E-state index in [1.807, 2.05) is 23.1 Å². The molecule has 4 N–H and O–H groups in total.